The van der Waals surface area contributed by atoms with Gasteiger partial charge in [0, 0.05) is 6.04 Å². The average Bonchev–Trinajstić information content (AvgIpc) is 2.36. The Hall–Kier alpha value is -0.890. The van der Waals surface area contributed by atoms with Crippen molar-refractivity contribution in [3.8, 4) is 0 Å². The minimum atomic E-state index is -0.163. The zero-order chi connectivity index (χ0) is 12.7. The van der Waals surface area contributed by atoms with E-state index in [1.54, 1.807) is 0 Å². The number of halogens is 1. The van der Waals surface area contributed by atoms with Crippen molar-refractivity contribution in [3.05, 3.63) is 35.6 Å². The first kappa shape index (κ1) is 14.2. The van der Waals surface area contributed by atoms with E-state index in [0.29, 0.717) is 6.04 Å². The summed E-state index contributed by atoms with van der Waals surface area (Å²) in [4.78, 5) is 0. The van der Waals surface area contributed by atoms with Gasteiger partial charge in [0.1, 0.15) is 5.82 Å². The fourth-order valence-corrected chi connectivity index (χ4v) is 2.08. The van der Waals surface area contributed by atoms with Crippen LogP contribution in [-0.2, 0) is 0 Å². The van der Waals surface area contributed by atoms with Gasteiger partial charge in [-0.2, -0.15) is 0 Å². The van der Waals surface area contributed by atoms with Crippen LogP contribution >= 0.6 is 0 Å². The van der Waals surface area contributed by atoms with Crippen LogP contribution in [0.5, 0.6) is 0 Å². The summed E-state index contributed by atoms with van der Waals surface area (Å²) in [6.45, 7) is 7.67. The molecular formula is C15H24FN. The van der Waals surface area contributed by atoms with Crippen molar-refractivity contribution in [2.45, 2.75) is 46.1 Å². The van der Waals surface area contributed by atoms with Crippen LogP contribution in [0.3, 0.4) is 0 Å². The van der Waals surface area contributed by atoms with Crippen molar-refractivity contribution in [2.24, 2.45) is 5.92 Å². The molecule has 1 unspecified atom stereocenters. The highest BCUT2D eigenvalue weighted by Crippen LogP contribution is 2.18. The van der Waals surface area contributed by atoms with Crippen molar-refractivity contribution in [1.29, 1.82) is 0 Å². The lowest BCUT2D eigenvalue weighted by Gasteiger charge is -2.21. The third-order valence-electron chi connectivity index (χ3n) is 3.49. The van der Waals surface area contributed by atoms with Gasteiger partial charge in [0.2, 0.25) is 0 Å². The van der Waals surface area contributed by atoms with E-state index in [1.165, 1.54) is 30.5 Å². The molecule has 0 amide bonds. The van der Waals surface area contributed by atoms with Crippen LogP contribution in [0.2, 0.25) is 0 Å². The normalized spacial score (nSPS) is 13.0. The SMILES string of the molecule is CCC(CC)CNC(CC)c1ccc(F)cc1. The highest BCUT2D eigenvalue weighted by Gasteiger charge is 2.11. The van der Waals surface area contributed by atoms with Crippen LogP contribution < -0.4 is 5.32 Å². The topological polar surface area (TPSA) is 12.0 Å². The Bertz CT molecular complexity index is 303. The number of nitrogens with one attached hydrogen (secondary N) is 1. The molecule has 0 saturated carbocycles. The Morgan fingerprint density at radius 2 is 1.59 bits per heavy atom. The van der Waals surface area contributed by atoms with Gasteiger partial charge in [0.25, 0.3) is 0 Å². The summed E-state index contributed by atoms with van der Waals surface area (Å²) in [6, 6.07) is 7.18. The Balaban J connectivity index is 2.56. The van der Waals surface area contributed by atoms with E-state index in [1.807, 2.05) is 12.1 Å². The highest BCUT2D eigenvalue weighted by molar-refractivity contribution is 5.19. The molecule has 0 saturated heterocycles. The fraction of sp³-hybridized carbons (Fsp3) is 0.600. The van der Waals surface area contributed by atoms with Crippen molar-refractivity contribution in [1.82, 2.24) is 5.32 Å². The fourth-order valence-electron chi connectivity index (χ4n) is 2.08. The molecule has 0 fully saturated rings. The summed E-state index contributed by atoms with van der Waals surface area (Å²) in [5.41, 5.74) is 1.18. The first-order valence-electron chi connectivity index (χ1n) is 6.70. The summed E-state index contributed by atoms with van der Waals surface area (Å²) in [7, 11) is 0. The lowest BCUT2D eigenvalue weighted by molar-refractivity contribution is 0.406. The van der Waals surface area contributed by atoms with E-state index >= 15 is 0 Å². The third-order valence-corrected chi connectivity index (χ3v) is 3.49. The largest absolute Gasteiger partial charge is 0.310 e. The monoisotopic (exact) mass is 237 g/mol. The quantitative estimate of drug-likeness (QED) is 0.745. The van der Waals surface area contributed by atoms with Gasteiger partial charge in [0.05, 0.1) is 0 Å². The molecular weight excluding hydrogens is 213 g/mol. The molecule has 0 heterocycles. The molecule has 1 aromatic carbocycles. The maximum absolute atomic E-state index is 12.9. The molecule has 0 spiro atoms. The Morgan fingerprint density at radius 3 is 2.06 bits per heavy atom. The van der Waals surface area contributed by atoms with Gasteiger partial charge in [-0.15, -0.1) is 0 Å². The smallest absolute Gasteiger partial charge is 0.123 e. The molecule has 0 aliphatic heterocycles. The van der Waals surface area contributed by atoms with E-state index in [2.05, 4.69) is 26.1 Å². The van der Waals surface area contributed by atoms with Gasteiger partial charge < -0.3 is 5.32 Å². The van der Waals surface area contributed by atoms with Crippen molar-refractivity contribution in [2.75, 3.05) is 6.54 Å². The minimum Gasteiger partial charge on any atom is -0.310 e. The van der Waals surface area contributed by atoms with Gasteiger partial charge in [-0.1, -0.05) is 45.7 Å². The van der Waals surface area contributed by atoms with Crippen LogP contribution in [0.25, 0.3) is 0 Å². The van der Waals surface area contributed by atoms with E-state index < -0.39 is 0 Å². The van der Waals surface area contributed by atoms with Crippen LogP contribution in [0.4, 0.5) is 4.39 Å². The first-order chi connectivity index (χ1) is 8.21. The Kier molecular flexibility index (Phi) is 6.20. The van der Waals surface area contributed by atoms with E-state index in [-0.39, 0.29) is 5.82 Å². The van der Waals surface area contributed by atoms with E-state index in [0.717, 1.165) is 18.9 Å². The molecule has 1 atom stereocenters. The molecule has 1 aromatic rings. The summed E-state index contributed by atoms with van der Waals surface area (Å²) in [5, 5.41) is 3.58. The van der Waals surface area contributed by atoms with Crippen LogP contribution in [0.15, 0.2) is 24.3 Å². The molecule has 0 bridgehead atoms. The van der Waals surface area contributed by atoms with Crippen molar-refractivity contribution < 1.29 is 4.39 Å². The van der Waals surface area contributed by atoms with Gasteiger partial charge in [-0.3, -0.25) is 0 Å². The lowest BCUT2D eigenvalue weighted by Crippen LogP contribution is -2.26. The molecule has 0 radical (unpaired) electrons. The molecule has 0 aromatic heterocycles. The maximum atomic E-state index is 12.9. The molecule has 0 aliphatic carbocycles. The van der Waals surface area contributed by atoms with Gasteiger partial charge in [-0.25, -0.2) is 4.39 Å². The maximum Gasteiger partial charge on any atom is 0.123 e. The van der Waals surface area contributed by atoms with Gasteiger partial charge >= 0.3 is 0 Å². The second-order valence-electron chi connectivity index (χ2n) is 4.60. The second-order valence-corrected chi connectivity index (χ2v) is 4.60. The Morgan fingerprint density at radius 1 is 1.00 bits per heavy atom. The molecule has 96 valence electrons. The van der Waals surface area contributed by atoms with Crippen LogP contribution in [0.1, 0.15) is 51.6 Å². The predicted molar refractivity (Wildman–Crippen MR) is 71.5 cm³/mol. The molecule has 0 aliphatic rings. The standard InChI is InChI=1S/C15H24FN/c1-4-12(5-2)11-17-15(6-3)13-7-9-14(16)10-8-13/h7-10,12,15,17H,4-6,11H2,1-3H3. The highest BCUT2D eigenvalue weighted by atomic mass is 19.1. The van der Waals surface area contributed by atoms with E-state index in [9.17, 15) is 4.39 Å². The molecule has 1 N–H and O–H groups in total. The molecule has 17 heavy (non-hydrogen) atoms. The van der Waals surface area contributed by atoms with Crippen LogP contribution in [-0.4, -0.2) is 6.54 Å². The average molecular weight is 237 g/mol. The van der Waals surface area contributed by atoms with E-state index in [4.69, 9.17) is 0 Å². The van der Waals surface area contributed by atoms with Gasteiger partial charge in [0.15, 0.2) is 0 Å². The van der Waals surface area contributed by atoms with Gasteiger partial charge in [-0.05, 0) is 36.6 Å². The molecule has 2 heteroatoms. The number of hydrogen-bond acceptors (Lipinski definition) is 1. The Labute approximate surface area is 104 Å². The zero-order valence-electron chi connectivity index (χ0n) is 11.2. The summed E-state index contributed by atoms with van der Waals surface area (Å²) in [6.07, 6.45) is 3.46. The third kappa shape index (κ3) is 4.47. The van der Waals surface area contributed by atoms with Crippen LogP contribution in [0, 0.1) is 11.7 Å². The molecule has 1 nitrogen and oxygen atoms in total. The number of benzene rings is 1. The lowest BCUT2D eigenvalue weighted by atomic mass is 10.0. The van der Waals surface area contributed by atoms with Crippen molar-refractivity contribution in [3.63, 3.8) is 0 Å². The summed E-state index contributed by atoms with van der Waals surface area (Å²) >= 11 is 0. The number of hydrogen-bond donors (Lipinski definition) is 1. The minimum absolute atomic E-state index is 0.163. The van der Waals surface area contributed by atoms with Crippen molar-refractivity contribution >= 4 is 0 Å². The first-order valence-corrected chi connectivity index (χ1v) is 6.70. The summed E-state index contributed by atoms with van der Waals surface area (Å²) < 4.78 is 12.9. The predicted octanol–water partition coefficient (Wildman–Crippen LogP) is 4.30. The zero-order valence-corrected chi connectivity index (χ0v) is 11.2. The summed E-state index contributed by atoms with van der Waals surface area (Å²) in [5.74, 6) is 0.577. The second kappa shape index (κ2) is 7.44. The molecule has 1 rings (SSSR count). The number of rotatable bonds is 7.